The number of para-hydroxylation sites is 1. The minimum absolute atomic E-state index is 0.234. The molecule has 3 aromatic carbocycles. The van der Waals surface area contributed by atoms with Crippen molar-refractivity contribution >= 4 is 17.4 Å². The maximum Gasteiger partial charge on any atom is 0.264 e. The average Bonchev–Trinajstić information content (AvgIpc) is 2.93. The van der Waals surface area contributed by atoms with Crippen molar-refractivity contribution in [2.75, 3.05) is 4.90 Å². The number of benzene rings is 3. The highest BCUT2D eigenvalue weighted by Gasteiger charge is 2.50. The molecule has 1 amide bonds. The summed E-state index contributed by atoms with van der Waals surface area (Å²) >= 11 is 0. The SMILES string of the molecule is Cc1cc(C)c(C(=O)CC2(O)C(=O)N(Cc3ccccc3)c3ccccc32)cc1C. The van der Waals surface area contributed by atoms with Crippen molar-refractivity contribution in [3.05, 3.63) is 100 Å². The van der Waals surface area contributed by atoms with Crippen molar-refractivity contribution in [1.82, 2.24) is 0 Å². The van der Waals surface area contributed by atoms with Gasteiger partial charge in [-0.1, -0.05) is 54.6 Å². The Labute approximate surface area is 176 Å². The third-order valence-corrected chi connectivity index (χ3v) is 5.98. The third-order valence-electron chi connectivity index (χ3n) is 5.98. The Morgan fingerprint density at radius 3 is 2.27 bits per heavy atom. The number of hydrogen-bond acceptors (Lipinski definition) is 3. The fourth-order valence-corrected chi connectivity index (χ4v) is 4.19. The molecule has 1 N–H and O–H groups in total. The monoisotopic (exact) mass is 399 g/mol. The van der Waals surface area contributed by atoms with Crippen LogP contribution < -0.4 is 4.90 Å². The number of carbonyl (C=O) groups is 2. The summed E-state index contributed by atoms with van der Waals surface area (Å²) in [7, 11) is 0. The molecule has 3 aromatic rings. The van der Waals surface area contributed by atoms with Crippen molar-refractivity contribution < 1.29 is 14.7 Å². The van der Waals surface area contributed by atoms with Crippen LogP contribution in [0, 0.1) is 20.8 Å². The number of hydrogen-bond donors (Lipinski definition) is 1. The van der Waals surface area contributed by atoms with E-state index in [-0.39, 0.29) is 12.2 Å². The lowest BCUT2D eigenvalue weighted by Gasteiger charge is -2.23. The molecule has 1 aliphatic heterocycles. The van der Waals surface area contributed by atoms with Crippen LogP contribution in [0.1, 0.15) is 44.6 Å². The molecule has 1 unspecified atom stereocenters. The number of Topliss-reactive ketones (excluding diaryl/α,β-unsaturated/α-hetero) is 1. The molecular weight excluding hydrogens is 374 g/mol. The first-order valence-electron chi connectivity index (χ1n) is 10.1. The Kier molecular flexibility index (Phi) is 5.04. The van der Waals surface area contributed by atoms with Gasteiger partial charge in [0.15, 0.2) is 11.4 Å². The van der Waals surface area contributed by atoms with Crippen LogP contribution in [0.15, 0.2) is 66.7 Å². The van der Waals surface area contributed by atoms with Crippen LogP contribution >= 0.6 is 0 Å². The van der Waals surface area contributed by atoms with Crippen LogP contribution in [0.3, 0.4) is 0 Å². The van der Waals surface area contributed by atoms with Crippen LogP contribution in [0.25, 0.3) is 0 Å². The number of aryl methyl sites for hydroxylation is 3. The van der Waals surface area contributed by atoms with Gasteiger partial charge in [0.25, 0.3) is 5.91 Å². The number of fused-ring (bicyclic) bond motifs is 1. The second kappa shape index (κ2) is 7.54. The summed E-state index contributed by atoms with van der Waals surface area (Å²) in [6.07, 6.45) is -0.280. The zero-order chi connectivity index (χ0) is 21.5. The van der Waals surface area contributed by atoms with Gasteiger partial charge in [-0.2, -0.15) is 0 Å². The standard InChI is InChI=1S/C26H25NO3/c1-17-13-19(3)21(14-18(17)2)24(28)15-26(30)22-11-7-8-12-23(22)27(25(26)29)16-20-9-5-4-6-10-20/h4-14,30H,15-16H2,1-3H3. The fraction of sp³-hybridized carbons (Fsp3) is 0.231. The zero-order valence-corrected chi connectivity index (χ0v) is 17.5. The molecule has 4 nitrogen and oxygen atoms in total. The van der Waals surface area contributed by atoms with Gasteiger partial charge in [0.1, 0.15) is 0 Å². The molecule has 0 aliphatic carbocycles. The molecule has 0 saturated heterocycles. The summed E-state index contributed by atoms with van der Waals surface area (Å²) in [6, 6.07) is 20.6. The molecule has 4 rings (SSSR count). The molecule has 0 aromatic heterocycles. The van der Waals surface area contributed by atoms with E-state index in [1.807, 2.05) is 75.4 Å². The third kappa shape index (κ3) is 3.33. The quantitative estimate of drug-likeness (QED) is 0.637. The van der Waals surface area contributed by atoms with Gasteiger partial charge < -0.3 is 10.0 Å². The summed E-state index contributed by atoms with van der Waals surface area (Å²) in [6.45, 7) is 6.19. The molecule has 0 spiro atoms. The smallest absolute Gasteiger partial charge is 0.264 e. The molecule has 1 atom stereocenters. The molecule has 0 saturated carbocycles. The van der Waals surface area contributed by atoms with Gasteiger partial charge in [0, 0.05) is 11.1 Å². The lowest BCUT2D eigenvalue weighted by atomic mass is 9.86. The van der Waals surface area contributed by atoms with E-state index >= 15 is 0 Å². The molecule has 0 bridgehead atoms. The molecule has 0 radical (unpaired) electrons. The molecular formula is C26H25NO3. The Hall–Kier alpha value is -3.24. The Morgan fingerprint density at radius 1 is 0.900 bits per heavy atom. The predicted molar refractivity (Wildman–Crippen MR) is 118 cm³/mol. The topological polar surface area (TPSA) is 57.6 Å². The Balaban J connectivity index is 1.70. The maximum atomic E-state index is 13.4. The van der Waals surface area contributed by atoms with Crippen LogP contribution in [0.4, 0.5) is 5.69 Å². The van der Waals surface area contributed by atoms with Crippen molar-refractivity contribution in [2.45, 2.75) is 39.3 Å². The van der Waals surface area contributed by atoms with Crippen molar-refractivity contribution in [3.63, 3.8) is 0 Å². The van der Waals surface area contributed by atoms with Gasteiger partial charge in [0.05, 0.1) is 18.7 Å². The minimum atomic E-state index is -1.87. The minimum Gasteiger partial charge on any atom is -0.375 e. The first-order valence-corrected chi connectivity index (χ1v) is 10.1. The number of rotatable bonds is 5. The number of carbonyl (C=O) groups excluding carboxylic acids is 2. The van der Waals surface area contributed by atoms with Crippen LogP contribution in [-0.2, 0) is 16.9 Å². The fourth-order valence-electron chi connectivity index (χ4n) is 4.19. The highest BCUT2D eigenvalue weighted by molar-refractivity contribution is 6.11. The van der Waals surface area contributed by atoms with Gasteiger partial charge in [-0.25, -0.2) is 0 Å². The van der Waals surface area contributed by atoms with E-state index in [4.69, 9.17) is 0 Å². The highest BCUT2D eigenvalue weighted by atomic mass is 16.3. The van der Waals surface area contributed by atoms with E-state index in [9.17, 15) is 14.7 Å². The summed E-state index contributed by atoms with van der Waals surface area (Å²) in [4.78, 5) is 28.1. The largest absolute Gasteiger partial charge is 0.375 e. The first kappa shape index (κ1) is 20.0. The van der Waals surface area contributed by atoms with Gasteiger partial charge >= 0.3 is 0 Å². The van der Waals surface area contributed by atoms with Crippen LogP contribution in [0.5, 0.6) is 0 Å². The van der Waals surface area contributed by atoms with E-state index in [1.54, 1.807) is 17.0 Å². The summed E-state index contributed by atoms with van der Waals surface area (Å²) in [5, 5.41) is 11.5. The number of anilines is 1. The van der Waals surface area contributed by atoms with E-state index in [1.165, 1.54) is 0 Å². The van der Waals surface area contributed by atoms with Crippen LogP contribution in [0.2, 0.25) is 0 Å². The van der Waals surface area contributed by atoms with E-state index in [0.29, 0.717) is 23.4 Å². The predicted octanol–water partition coefficient (Wildman–Crippen LogP) is 4.62. The molecule has 1 heterocycles. The Bertz CT molecular complexity index is 1140. The maximum absolute atomic E-state index is 13.4. The van der Waals surface area contributed by atoms with Gasteiger partial charge in [-0.05, 0) is 55.2 Å². The normalized spacial score (nSPS) is 17.9. The number of ketones is 1. The summed E-state index contributed by atoms with van der Waals surface area (Å²) < 4.78 is 0. The second-order valence-corrected chi connectivity index (χ2v) is 8.11. The molecule has 30 heavy (non-hydrogen) atoms. The van der Waals surface area contributed by atoms with E-state index < -0.39 is 11.5 Å². The van der Waals surface area contributed by atoms with Gasteiger partial charge in [-0.15, -0.1) is 0 Å². The first-order chi connectivity index (χ1) is 14.3. The number of nitrogens with zero attached hydrogens (tertiary/aromatic N) is 1. The molecule has 0 fully saturated rings. The average molecular weight is 399 g/mol. The van der Waals surface area contributed by atoms with Gasteiger partial charge in [0.2, 0.25) is 0 Å². The number of amides is 1. The van der Waals surface area contributed by atoms with Crippen molar-refractivity contribution in [3.8, 4) is 0 Å². The Morgan fingerprint density at radius 2 is 1.53 bits per heavy atom. The highest BCUT2D eigenvalue weighted by Crippen LogP contribution is 2.43. The molecule has 4 heteroatoms. The number of aliphatic hydroxyl groups is 1. The molecule has 152 valence electrons. The lowest BCUT2D eigenvalue weighted by molar-refractivity contribution is -0.136. The lowest BCUT2D eigenvalue weighted by Crippen LogP contribution is -2.41. The van der Waals surface area contributed by atoms with Crippen LogP contribution in [-0.4, -0.2) is 16.8 Å². The summed E-state index contributed by atoms with van der Waals surface area (Å²) in [5.41, 5.74) is 3.76. The van der Waals surface area contributed by atoms with E-state index in [2.05, 4.69) is 0 Å². The van der Waals surface area contributed by atoms with Crippen molar-refractivity contribution in [2.24, 2.45) is 0 Å². The van der Waals surface area contributed by atoms with Gasteiger partial charge in [-0.3, -0.25) is 9.59 Å². The summed E-state index contributed by atoms with van der Waals surface area (Å²) in [5.74, 6) is -0.690. The molecule has 1 aliphatic rings. The zero-order valence-electron chi connectivity index (χ0n) is 17.5. The van der Waals surface area contributed by atoms with E-state index in [0.717, 1.165) is 22.3 Å². The van der Waals surface area contributed by atoms with Crippen molar-refractivity contribution in [1.29, 1.82) is 0 Å². The second-order valence-electron chi connectivity index (χ2n) is 8.11.